The second-order valence-corrected chi connectivity index (χ2v) is 6.58. The summed E-state index contributed by atoms with van der Waals surface area (Å²) in [5.41, 5.74) is 0.797. The number of aliphatic imine (C=N–C) groups is 1. The van der Waals surface area contributed by atoms with Crippen molar-refractivity contribution in [3.63, 3.8) is 0 Å². The quantitative estimate of drug-likeness (QED) is 0.330. The summed E-state index contributed by atoms with van der Waals surface area (Å²) in [6.45, 7) is 3.01. The van der Waals surface area contributed by atoms with Crippen LogP contribution >= 0.6 is 35.3 Å². The van der Waals surface area contributed by atoms with Gasteiger partial charge in [-0.05, 0) is 31.5 Å². The zero-order valence-electron chi connectivity index (χ0n) is 14.7. The lowest BCUT2D eigenvalue weighted by Gasteiger charge is -2.11. The molecule has 0 bridgehead atoms. The van der Waals surface area contributed by atoms with Crippen LogP contribution in [0.4, 0.5) is 8.78 Å². The van der Waals surface area contributed by atoms with Crippen LogP contribution in [0.3, 0.4) is 0 Å². The fraction of sp³-hybridized carbons (Fsp3) is 0.412. The molecule has 0 aliphatic carbocycles. The molecule has 0 amide bonds. The number of thiazole rings is 1. The first kappa shape index (κ1) is 22.6. The SMILES string of the molecule is CCNC(=NCc1cccc(OC(F)F)c1)NCCc1ncc(C)s1.I. The van der Waals surface area contributed by atoms with Gasteiger partial charge in [0.25, 0.3) is 0 Å². The molecule has 5 nitrogen and oxygen atoms in total. The molecule has 1 aromatic carbocycles. The third-order valence-corrected chi connectivity index (χ3v) is 4.16. The van der Waals surface area contributed by atoms with E-state index in [1.54, 1.807) is 23.5 Å². The molecule has 0 spiro atoms. The van der Waals surface area contributed by atoms with Crippen molar-refractivity contribution < 1.29 is 13.5 Å². The normalized spacial score (nSPS) is 11.2. The molecule has 9 heteroatoms. The first-order valence-electron chi connectivity index (χ1n) is 8.04. The van der Waals surface area contributed by atoms with Crippen LogP contribution in [0.1, 0.15) is 22.4 Å². The lowest BCUT2D eigenvalue weighted by Crippen LogP contribution is -2.38. The van der Waals surface area contributed by atoms with E-state index in [4.69, 9.17) is 0 Å². The molecule has 0 aliphatic rings. The lowest BCUT2D eigenvalue weighted by atomic mass is 10.2. The molecule has 1 heterocycles. The highest BCUT2D eigenvalue weighted by atomic mass is 127. The number of alkyl halides is 2. The number of hydrogen-bond donors (Lipinski definition) is 2. The minimum atomic E-state index is -2.83. The van der Waals surface area contributed by atoms with Crippen molar-refractivity contribution >= 4 is 41.3 Å². The Bertz CT molecular complexity index is 697. The Kier molecular flexibility index (Phi) is 10.4. The van der Waals surface area contributed by atoms with Gasteiger partial charge in [-0.2, -0.15) is 8.78 Å². The number of aromatic nitrogens is 1. The van der Waals surface area contributed by atoms with E-state index < -0.39 is 6.61 Å². The topological polar surface area (TPSA) is 58.5 Å². The van der Waals surface area contributed by atoms with Crippen LogP contribution in [0, 0.1) is 6.92 Å². The predicted octanol–water partition coefficient (Wildman–Crippen LogP) is 3.97. The number of hydrogen-bond acceptors (Lipinski definition) is 4. The lowest BCUT2D eigenvalue weighted by molar-refractivity contribution is -0.0498. The third kappa shape index (κ3) is 8.26. The van der Waals surface area contributed by atoms with E-state index in [0.29, 0.717) is 19.0 Å². The van der Waals surface area contributed by atoms with Gasteiger partial charge in [0.05, 0.1) is 11.6 Å². The number of nitrogens with zero attached hydrogens (tertiary/aromatic N) is 2. The molecule has 1 aromatic heterocycles. The molecule has 0 unspecified atom stereocenters. The van der Waals surface area contributed by atoms with E-state index in [0.717, 1.165) is 23.5 Å². The number of nitrogens with one attached hydrogen (secondary N) is 2. The van der Waals surface area contributed by atoms with Gasteiger partial charge in [-0.15, -0.1) is 35.3 Å². The maximum absolute atomic E-state index is 12.3. The Balaban J connectivity index is 0.00000338. The fourth-order valence-electron chi connectivity index (χ4n) is 2.14. The number of benzene rings is 1. The summed E-state index contributed by atoms with van der Waals surface area (Å²) in [4.78, 5) is 10.00. The molecule has 0 radical (unpaired) electrons. The smallest absolute Gasteiger partial charge is 0.387 e. The van der Waals surface area contributed by atoms with Gasteiger partial charge in [0.1, 0.15) is 5.75 Å². The van der Waals surface area contributed by atoms with Gasteiger partial charge in [-0.3, -0.25) is 0 Å². The minimum Gasteiger partial charge on any atom is -0.435 e. The van der Waals surface area contributed by atoms with E-state index in [1.807, 2.05) is 26.1 Å². The maximum Gasteiger partial charge on any atom is 0.387 e. The van der Waals surface area contributed by atoms with Crippen LogP contribution in [-0.2, 0) is 13.0 Å². The summed E-state index contributed by atoms with van der Waals surface area (Å²) in [5, 5.41) is 7.49. The second-order valence-electron chi connectivity index (χ2n) is 5.26. The summed E-state index contributed by atoms with van der Waals surface area (Å²) in [6, 6.07) is 6.56. The largest absolute Gasteiger partial charge is 0.435 e. The van der Waals surface area contributed by atoms with Crippen molar-refractivity contribution in [2.75, 3.05) is 13.1 Å². The van der Waals surface area contributed by atoms with E-state index in [-0.39, 0.29) is 29.7 Å². The molecule has 0 aliphatic heterocycles. The van der Waals surface area contributed by atoms with Crippen LogP contribution in [0.2, 0.25) is 0 Å². The Morgan fingerprint density at radius 3 is 2.81 bits per heavy atom. The number of ether oxygens (including phenoxy) is 1. The standard InChI is InChI=1S/C17H22F2N4OS.HI/c1-3-20-17(21-8-7-15-22-10-12(2)25-15)23-11-13-5-4-6-14(9-13)24-16(18)19;/h4-6,9-10,16H,3,7-8,11H2,1-2H3,(H2,20,21,23);1H. The summed E-state index contributed by atoms with van der Waals surface area (Å²) in [7, 11) is 0. The van der Waals surface area contributed by atoms with Gasteiger partial charge in [0.15, 0.2) is 5.96 Å². The van der Waals surface area contributed by atoms with Crippen LogP contribution in [0.15, 0.2) is 35.5 Å². The number of guanidine groups is 1. The molecule has 2 N–H and O–H groups in total. The second kappa shape index (κ2) is 12.0. The third-order valence-electron chi connectivity index (χ3n) is 3.19. The molecule has 0 fully saturated rings. The van der Waals surface area contributed by atoms with Crippen LogP contribution < -0.4 is 15.4 Å². The number of halogens is 3. The van der Waals surface area contributed by atoms with Crippen molar-refractivity contribution in [2.24, 2.45) is 4.99 Å². The van der Waals surface area contributed by atoms with E-state index in [9.17, 15) is 8.78 Å². The summed E-state index contributed by atoms with van der Waals surface area (Å²) in [6.07, 6.45) is 2.69. The molecule has 144 valence electrons. The van der Waals surface area contributed by atoms with Crippen molar-refractivity contribution in [3.8, 4) is 5.75 Å². The Hall–Kier alpha value is -1.49. The fourth-order valence-corrected chi connectivity index (χ4v) is 2.92. The van der Waals surface area contributed by atoms with Crippen molar-refractivity contribution in [1.29, 1.82) is 0 Å². The molecule has 0 saturated carbocycles. The van der Waals surface area contributed by atoms with E-state index in [2.05, 4.69) is 25.3 Å². The number of rotatable bonds is 8. The van der Waals surface area contributed by atoms with E-state index in [1.165, 1.54) is 10.9 Å². The molecule has 0 atom stereocenters. The monoisotopic (exact) mass is 496 g/mol. The molecule has 2 aromatic rings. The summed E-state index contributed by atoms with van der Waals surface area (Å²) < 4.78 is 29.0. The average Bonchev–Trinajstić information content (AvgIpc) is 2.98. The summed E-state index contributed by atoms with van der Waals surface area (Å²) >= 11 is 1.68. The van der Waals surface area contributed by atoms with Gasteiger partial charge < -0.3 is 15.4 Å². The van der Waals surface area contributed by atoms with Gasteiger partial charge in [-0.1, -0.05) is 12.1 Å². The number of aryl methyl sites for hydroxylation is 1. The predicted molar refractivity (Wildman–Crippen MR) is 112 cm³/mol. The molecule has 2 rings (SSSR count). The zero-order chi connectivity index (χ0) is 18.1. The van der Waals surface area contributed by atoms with Gasteiger partial charge in [0.2, 0.25) is 0 Å². The zero-order valence-corrected chi connectivity index (χ0v) is 17.8. The van der Waals surface area contributed by atoms with Gasteiger partial charge >= 0.3 is 6.61 Å². The first-order chi connectivity index (χ1) is 12.1. The maximum atomic E-state index is 12.3. The molecule has 26 heavy (non-hydrogen) atoms. The van der Waals surface area contributed by atoms with E-state index >= 15 is 0 Å². The van der Waals surface area contributed by atoms with Gasteiger partial charge in [-0.25, -0.2) is 9.98 Å². The molecular formula is C17H23F2IN4OS. The van der Waals surface area contributed by atoms with Crippen LogP contribution in [-0.4, -0.2) is 30.6 Å². The van der Waals surface area contributed by atoms with Gasteiger partial charge in [0, 0.05) is 30.6 Å². The highest BCUT2D eigenvalue weighted by Gasteiger charge is 2.05. The Morgan fingerprint density at radius 2 is 2.15 bits per heavy atom. The Morgan fingerprint density at radius 1 is 1.35 bits per heavy atom. The average molecular weight is 496 g/mol. The van der Waals surface area contributed by atoms with Crippen LogP contribution in [0.5, 0.6) is 5.75 Å². The van der Waals surface area contributed by atoms with Crippen molar-refractivity contribution in [3.05, 3.63) is 45.9 Å². The van der Waals surface area contributed by atoms with Crippen molar-refractivity contribution in [2.45, 2.75) is 33.4 Å². The first-order valence-corrected chi connectivity index (χ1v) is 8.85. The van der Waals surface area contributed by atoms with Crippen molar-refractivity contribution in [1.82, 2.24) is 15.6 Å². The highest BCUT2D eigenvalue weighted by molar-refractivity contribution is 14.0. The molecular weight excluding hydrogens is 473 g/mol. The molecule has 0 saturated heterocycles. The summed E-state index contributed by atoms with van der Waals surface area (Å²) in [5.74, 6) is 0.816. The minimum absolute atomic E-state index is 0. The Labute approximate surface area is 173 Å². The highest BCUT2D eigenvalue weighted by Crippen LogP contribution is 2.16. The van der Waals surface area contributed by atoms with Crippen LogP contribution in [0.25, 0.3) is 0 Å².